The second-order valence-electron chi connectivity index (χ2n) is 6.16. The molecule has 0 aliphatic rings. The SMILES string of the molecule is CCCCCCCCCCCCCCCCC(=S=O)C(=O)O. The largest absolute Gasteiger partial charge is 0.477 e. The van der Waals surface area contributed by atoms with E-state index in [1.54, 1.807) is 0 Å². The summed E-state index contributed by atoms with van der Waals surface area (Å²) in [6, 6.07) is 0. The third-order valence-corrected chi connectivity index (χ3v) is 4.68. The minimum Gasteiger partial charge on any atom is -0.477 e. The van der Waals surface area contributed by atoms with Crippen LogP contribution in [-0.2, 0) is 16.1 Å². The van der Waals surface area contributed by atoms with E-state index in [4.69, 9.17) is 5.11 Å². The van der Waals surface area contributed by atoms with Crippen LogP contribution in [0.15, 0.2) is 0 Å². The fourth-order valence-corrected chi connectivity index (χ4v) is 2.96. The van der Waals surface area contributed by atoms with Gasteiger partial charge >= 0.3 is 5.97 Å². The van der Waals surface area contributed by atoms with Crippen molar-refractivity contribution in [2.45, 2.75) is 103 Å². The standard InChI is InChI=1S/C18H34O3S/c1-2-3-4-5-6-7-8-9-10-11-12-13-14-15-16-17(22-21)18(19)20/h2-16H2,1H3,(H,19,20). The van der Waals surface area contributed by atoms with Gasteiger partial charge in [-0.05, 0) is 12.8 Å². The molecule has 130 valence electrons. The number of unbranched alkanes of at least 4 members (excludes halogenated alkanes) is 13. The lowest BCUT2D eigenvalue weighted by molar-refractivity contribution is -0.129. The molecule has 3 nitrogen and oxygen atoms in total. The van der Waals surface area contributed by atoms with Crippen LogP contribution < -0.4 is 0 Å². The van der Waals surface area contributed by atoms with Crippen molar-refractivity contribution in [1.29, 1.82) is 0 Å². The number of aliphatic carboxylic acids is 1. The molecule has 0 aromatic carbocycles. The van der Waals surface area contributed by atoms with Crippen molar-refractivity contribution in [1.82, 2.24) is 0 Å². The van der Waals surface area contributed by atoms with Crippen LogP contribution in [0.1, 0.15) is 103 Å². The molecule has 0 aliphatic heterocycles. The molecule has 0 aromatic heterocycles. The third kappa shape index (κ3) is 14.3. The molecule has 0 atom stereocenters. The van der Waals surface area contributed by atoms with Gasteiger partial charge in [-0.25, -0.2) is 9.00 Å². The van der Waals surface area contributed by atoms with Gasteiger partial charge in [0.2, 0.25) is 0 Å². The van der Waals surface area contributed by atoms with E-state index in [2.05, 4.69) is 6.92 Å². The quantitative estimate of drug-likeness (QED) is 0.307. The minimum atomic E-state index is -1.05. The van der Waals surface area contributed by atoms with Crippen molar-refractivity contribution >= 4 is 22.1 Å². The van der Waals surface area contributed by atoms with E-state index in [1.807, 2.05) is 0 Å². The first kappa shape index (κ1) is 21.4. The normalized spacial score (nSPS) is 10.6. The Labute approximate surface area is 140 Å². The Balaban J connectivity index is 3.18. The van der Waals surface area contributed by atoms with E-state index in [0.29, 0.717) is 6.42 Å². The van der Waals surface area contributed by atoms with Crippen molar-refractivity contribution < 1.29 is 14.1 Å². The minimum absolute atomic E-state index is 0.0546. The van der Waals surface area contributed by atoms with Crippen LogP contribution in [0.25, 0.3) is 0 Å². The number of hydrogen-bond donors (Lipinski definition) is 1. The van der Waals surface area contributed by atoms with Crippen molar-refractivity contribution in [3.05, 3.63) is 0 Å². The Morgan fingerprint density at radius 2 is 1.09 bits per heavy atom. The number of carboxylic acids is 1. The van der Waals surface area contributed by atoms with Gasteiger partial charge in [0.1, 0.15) is 4.86 Å². The molecule has 0 saturated carbocycles. The summed E-state index contributed by atoms with van der Waals surface area (Å²) in [5, 5.41) is 8.72. The summed E-state index contributed by atoms with van der Waals surface area (Å²) < 4.78 is 10.5. The van der Waals surface area contributed by atoms with E-state index in [0.717, 1.165) is 19.3 Å². The van der Waals surface area contributed by atoms with Gasteiger partial charge in [0.15, 0.2) is 0 Å². The second-order valence-corrected chi connectivity index (χ2v) is 6.82. The smallest absolute Gasteiger partial charge is 0.344 e. The number of hydrogen-bond acceptors (Lipinski definition) is 2. The van der Waals surface area contributed by atoms with Gasteiger partial charge < -0.3 is 5.11 Å². The lowest BCUT2D eigenvalue weighted by Gasteiger charge is -2.03. The molecule has 22 heavy (non-hydrogen) atoms. The highest BCUT2D eigenvalue weighted by Crippen LogP contribution is 2.13. The molecular weight excluding hydrogens is 296 g/mol. The Bertz CT molecular complexity index is 322. The van der Waals surface area contributed by atoms with Crippen LogP contribution in [0.3, 0.4) is 0 Å². The molecule has 0 rings (SSSR count). The first-order chi connectivity index (χ1) is 10.7. The first-order valence-electron chi connectivity index (χ1n) is 9.11. The highest BCUT2D eigenvalue weighted by molar-refractivity contribution is 7.68. The van der Waals surface area contributed by atoms with Gasteiger partial charge in [0, 0.05) is 0 Å². The Morgan fingerprint density at radius 1 is 0.727 bits per heavy atom. The summed E-state index contributed by atoms with van der Waals surface area (Å²) in [6.45, 7) is 2.26. The van der Waals surface area contributed by atoms with Crippen LogP contribution in [0.2, 0.25) is 0 Å². The number of rotatable bonds is 16. The molecule has 0 saturated heterocycles. The van der Waals surface area contributed by atoms with Crippen molar-refractivity contribution in [3.8, 4) is 0 Å². The maximum absolute atomic E-state index is 10.6. The lowest BCUT2D eigenvalue weighted by atomic mass is 10.0. The highest BCUT2D eigenvalue weighted by Gasteiger charge is 2.07. The first-order valence-corrected chi connectivity index (χ1v) is 9.85. The van der Waals surface area contributed by atoms with Gasteiger partial charge in [0.25, 0.3) is 0 Å². The number of carboxylic acid groups (broad SMARTS) is 1. The Morgan fingerprint density at radius 3 is 1.41 bits per heavy atom. The van der Waals surface area contributed by atoms with Crippen LogP contribution in [0.4, 0.5) is 0 Å². The molecule has 0 amide bonds. The lowest BCUT2D eigenvalue weighted by Crippen LogP contribution is -2.12. The molecule has 0 heterocycles. The molecule has 0 bridgehead atoms. The molecule has 1 N–H and O–H groups in total. The van der Waals surface area contributed by atoms with Gasteiger partial charge in [-0.2, -0.15) is 0 Å². The summed E-state index contributed by atoms with van der Waals surface area (Å²) in [4.78, 5) is 10.7. The number of carbonyl (C=O) groups is 1. The third-order valence-electron chi connectivity index (χ3n) is 4.10. The fourth-order valence-electron chi connectivity index (χ4n) is 2.66. The van der Waals surface area contributed by atoms with Crippen LogP contribution in [0, 0.1) is 0 Å². The van der Waals surface area contributed by atoms with E-state index < -0.39 is 5.97 Å². The zero-order chi connectivity index (χ0) is 16.5. The summed E-state index contributed by atoms with van der Waals surface area (Å²) in [5.74, 6) is -1.05. The molecule has 0 aliphatic carbocycles. The van der Waals surface area contributed by atoms with E-state index >= 15 is 0 Å². The Kier molecular flexibility index (Phi) is 16.2. The average Bonchev–Trinajstić information content (AvgIpc) is 2.51. The van der Waals surface area contributed by atoms with Crippen LogP contribution in [0.5, 0.6) is 0 Å². The summed E-state index contributed by atoms with van der Waals surface area (Å²) in [5.41, 5.74) is 0. The van der Waals surface area contributed by atoms with Gasteiger partial charge in [-0.1, -0.05) is 90.4 Å². The van der Waals surface area contributed by atoms with Gasteiger partial charge in [0.05, 0.1) is 11.3 Å². The highest BCUT2D eigenvalue weighted by atomic mass is 32.1. The summed E-state index contributed by atoms with van der Waals surface area (Å²) in [7, 11) is 0. The zero-order valence-corrected chi connectivity index (χ0v) is 15.1. The fraction of sp³-hybridized carbons (Fsp3) is 0.889. The van der Waals surface area contributed by atoms with E-state index in [9.17, 15) is 9.00 Å². The maximum atomic E-state index is 10.6. The zero-order valence-electron chi connectivity index (χ0n) is 14.3. The second kappa shape index (κ2) is 16.7. The predicted molar refractivity (Wildman–Crippen MR) is 95.7 cm³/mol. The summed E-state index contributed by atoms with van der Waals surface area (Å²) >= 11 is 0.131. The summed E-state index contributed by atoms with van der Waals surface area (Å²) in [6.07, 6.45) is 18.4. The van der Waals surface area contributed by atoms with Crippen molar-refractivity contribution in [2.75, 3.05) is 0 Å². The predicted octanol–water partition coefficient (Wildman–Crippen LogP) is 5.33. The average molecular weight is 331 g/mol. The van der Waals surface area contributed by atoms with E-state index in [1.165, 1.54) is 70.6 Å². The molecule has 0 fully saturated rings. The van der Waals surface area contributed by atoms with E-state index in [-0.39, 0.29) is 16.1 Å². The molecule has 0 aromatic rings. The van der Waals surface area contributed by atoms with Crippen molar-refractivity contribution in [2.24, 2.45) is 0 Å². The van der Waals surface area contributed by atoms with Crippen molar-refractivity contribution in [3.63, 3.8) is 0 Å². The van der Waals surface area contributed by atoms with Crippen LogP contribution >= 0.6 is 0 Å². The molecule has 0 radical (unpaired) electrons. The monoisotopic (exact) mass is 330 g/mol. The molecule has 0 spiro atoms. The topological polar surface area (TPSA) is 54.4 Å². The van der Waals surface area contributed by atoms with Gasteiger partial charge in [-0.3, -0.25) is 0 Å². The molecular formula is C18H34O3S. The van der Waals surface area contributed by atoms with Gasteiger partial charge in [-0.15, -0.1) is 0 Å². The Hall–Kier alpha value is -0.640. The molecule has 0 unspecified atom stereocenters. The maximum Gasteiger partial charge on any atom is 0.344 e. The van der Waals surface area contributed by atoms with Crippen LogP contribution in [-0.4, -0.2) is 20.1 Å². The molecule has 4 heteroatoms.